The molecule has 0 amide bonds. The maximum atomic E-state index is 5.47. The van der Waals surface area contributed by atoms with Crippen molar-refractivity contribution in [3.05, 3.63) is 11.8 Å². The molecule has 5 heteroatoms. The molecule has 14 heavy (non-hydrogen) atoms. The Morgan fingerprint density at radius 3 is 3.00 bits per heavy atom. The molecule has 1 aromatic rings. The number of aryl methyl sites for hydroxylation is 1. The van der Waals surface area contributed by atoms with Crippen molar-refractivity contribution in [3.63, 3.8) is 0 Å². The lowest BCUT2D eigenvalue weighted by atomic mass is 10.2. The topological polar surface area (TPSA) is 60.2 Å². The molecular formula is C9H15N3O2. The molecule has 0 aromatic carbocycles. The lowest BCUT2D eigenvalue weighted by Gasteiger charge is -2.04. The zero-order valence-corrected chi connectivity index (χ0v) is 8.49. The minimum atomic E-state index is 0.160. The smallest absolute Gasteiger partial charge is 0.233 e. The summed E-state index contributed by atoms with van der Waals surface area (Å²) in [4.78, 5) is 0. The van der Waals surface area contributed by atoms with Gasteiger partial charge in [0.25, 0.3) is 0 Å². The van der Waals surface area contributed by atoms with Crippen LogP contribution in [-0.4, -0.2) is 30.0 Å². The summed E-state index contributed by atoms with van der Waals surface area (Å²) in [6.07, 6.45) is 1.95. The average molecular weight is 197 g/mol. The molecule has 0 aliphatic carbocycles. The lowest BCUT2D eigenvalue weighted by Crippen LogP contribution is -2.16. The Balaban J connectivity index is 2.02. The van der Waals surface area contributed by atoms with Crippen LogP contribution in [0.4, 0.5) is 0 Å². The van der Waals surface area contributed by atoms with Crippen LogP contribution >= 0.6 is 0 Å². The van der Waals surface area contributed by atoms with Crippen LogP contribution in [0.2, 0.25) is 0 Å². The first-order valence-electron chi connectivity index (χ1n) is 4.92. The fourth-order valence-electron chi connectivity index (χ4n) is 1.62. The van der Waals surface area contributed by atoms with Gasteiger partial charge in [0.05, 0.1) is 12.1 Å². The van der Waals surface area contributed by atoms with Gasteiger partial charge in [0.1, 0.15) is 0 Å². The summed E-state index contributed by atoms with van der Waals surface area (Å²) in [6.45, 7) is 2.85. The average Bonchev–Trinajstić information content (AvgIpc) is 2.86. The molecule has 2 rings (SSSR count). The van der Waals surface area contributed by atoms with E-state index in [-0.39, 0.29) is 12.1 Å². The third-order valence-electron chi connectivity index (χ3n) is 2.51. The molecule has 1 aromatic heterocycles. The van der Waals surface area contributed by atoms with Crippen molar-refractivity contribution in [2.45, 2.75) is 31.9 Å². The maximum Gasteiger partial charge on any atom is 0.233 e. The highest BCUT2D eigenvalue weighted by atomic mass is 16.5. The van der Waals surface area contributed by atoms with Gasteiger partial charge in [-0.2, -0.15) is 0 Å². The Kier molecular flexibility index (Phi) is 2.79. The molecule has 0 radical (unpaired) electrons. The Morgan fingerprint density at radius 2 is 2.43 bits per heavy atom. The number of rotatable bonds is 3. The predicted octanol–water partition coefficient (Wildman–Crippen LogP) is 0.681. The Bertz CT molecular complexity index is 300. The molecule has 1 saturated heterocycles. The van der Waals surface area contributed by atoms with E-state index >= 15 is 0 Å². The van der Waals surface area contributed by atoms with Crippen molar-refractivity contribution in [2.75, 3.05) is 13.7 Å². The van der Waals surface area contributed by atoms with Crippen molar-refractivity contribution in [3.8, 4) is 0 Å². The molecule has 2 atom stereocenters. The van der Waals surface area contributed by atoms with E-state index < -0.39 is 0 Å². The quantitative estimate of drug-likeness (QED) is 0.772. The summed E-state index contributed by atoms with van der Waals surface area (Å²) in [5.74, 6) is 1.38. The Morgan fingerprint density at radius 1 is 1.57 bits per heavy atom. The van der Waals surface area contributed by atoms with Gasteiger partial charge in [-0.25, -0.2) is 0 Å². The van der Waals surface area contributed by atoms with Crippen LogP contribution in [0.25, 0.3) is 0 Å². The van der Waals surface area contributed by atoms with Gasteiger partial charge < -0.3 is 14.5 Å². The molecule has 0 saturated carbocycles. The highest BCUT2D eigenvalue weighted by Gasteiger charge is 2.28. The molecule has 1 fully saturated rings. The van der Waals surface area contributed by atoms with Crippen molar-refractivity contribution < 1.29 is 9.15 Å². The third kappa shape index (κ3) is 1.78. The Labute approximate surface area is 82.8 Å². The van der Waals surface area contributed by atoms with Crippen LogP contribution in [0.1, 0.15) is 31.2 Å². The van der Waals surface area contributed by atoms with Gasteiger partial charge in [0.15, 0.2) is 0 Å². The summed E-state index contributed by atoms with van der Waals surface area (Å²) in [5.41, 5.74) is 0. The molecule has 1 N–H and O–H groups in total. The summed E-state index contributed by atoms with van der Waals surface area (Å²) < 4.78 is 10.7. The van der Waals surface area contributed by atoms with Crippen molar-refractivity contribution in [2.24, 2.45) is 0 Å². The van der Waals surface area contributed by atoms with Crippen LogP contribution in [0.5, 0.6) is 0 Å². The number of methoxy groups -OCH3 is 1. The van der Waals surface area contributed by atoms with E-state index in [0.717, 1.165) is 19.4 Å². The molecule has 78 valence electrons. The summed E-state index contributed by atoms with van der Waals surface area (Å²) >= 11 is 0. The van der Waals surface area contributed by atoms with Crippen LogP contribution in [0, 0.1) is 0 Å². The van der Waals surface area contributed by atoms with Crippen LogP contribution in [-0.2, 0) is 11.2 Å². The minimum absolute atomic E-state index is 0.160. The van der Waals surface area contributed by atoms with Crippen LogP contribution < -0.4 is 5.32 Å². The van der Waals surface area contributed by atoms with Gasteiger partial charge >= 0.3 is 0 Å². The predicted molar refractivity (Wildman–Crippen MR) is 49.8 cm³/mol. The van der Waals surface area contributed by atoms with E-state index in [2.05, 4.69) is 15.5 Å². The summed E-state index contributed by atoms with van der Waals surface area (Å²) in [7, 11) is 1.72. The zero-order chi connectivity index (χ0) is 9.97. The van der Waals surface area contributed by atoms with Crippen LogP contribution in [0.15, 0.2) is 4.42 Å². The highest BCUT2D eigenvalue weighted by molar-refractivity contribution is 4.95. The number of hydrogen-bond donors (Lipinski definition) is 1. The van der Waals surface area contributed by atoms with Crippen molar-refractivity contribution >= 4 is 0 Å². The Hall–Kier alpha value is -0.940. The summed E-state index contributed by atoms with van der Waals surface area (Å²) in [5, 5.41) is 11.2. The number of nitrogens with zero attached hydrogens (tertiary/aromatic N) is 2. The number of ether oxygens (including phenoxy) is 1. The van der Waals surface area contributed by atoms with E-state index in [1.165, 1.54) is 0 Å². The molecule has 2 heterocycles. The molecule has 1 aliphatic heterocycles. The number of aromatic nitrogens is 2. The fourth-order valence-corrected chi connectivity index (χ4v) is 1.62. The number of hydrogen-bond acceptors (Lipinski definition) is 5. The molecule has 1 aliphatic rings. The summed E-state index contributed by atoms with van der Waals surface area (Å²) in [6, 6.07) is 0.160. The molecule has 0 unspecified atom stereocenters. The number of nitrogens with one attached hydrogen (secondary N) is 1. The largest absolute Gasteiger partial charge is 0.424 e. The van der Waals surface area contributed by atoms with Crippen LogP contribution in [0.3, 0.4) is 0 Å². The van der Waals surface area contributed by atoms with Gasteiger partial charge in [-0.3, -0.25) is 0 Å². The van der Waals surface area contributed by atoms with Gasteiger partial charge in [0, 0.05) is 20.1 Å². The molecular weight excluding hydrogens is 182 g/mol. The minimum Gasteiger partial charge on any atom is -0.424 e. The second-order valence-electron chi connectivity index (χ2n) is 3.44. The maximum absolute atomic E-state index is 5.47. The van der Waals surface area contributed by atoms with Gasteiger partial charge in [-0.05, 0) is 6.42 Å². The monoisotopic (exact) mass is 197 g/mol. The molecule has 5 nitrogen and oxygen atoms in total. The van der Waals surface area contributed by atoms with Gasteiger partial charge in [0.2, 0.25) is 11.8 Å². The van der Waals surface area contributed by atoms with E-state index in [0.29, 0.717) is 11.8 Å². The molecule has 0 bridgehead atoms. The van der Waals surface area contributed by atoms with Gasteiger partial charge in [-0.15, -0.1) is 10.2 Å². The van der Waals surface area contributed by atoms with Gasteiger partial charge in [-0.1, -0.05) is 6.92 Å². The standard InChI is InChI=1S/C9H15N3O2/c1-3-8-11-12-9(14-8)7-4-6(13-2)5-10-7/h6-7,10H,3-5H2,1-2H3/t6-,7-/m0/s1. The first kappa shape index (κ1) is 9.61. The normalized spacial score (nSPS) is 27.0. The lowest BCUT2D eigenvalue weighted by molar-refractivity contribution is 0.116. The second kappa shape index (κ2) is 4.06. The van der Waals surface area contributed by atoms with E-state index in [9.17, 15) is 0 Å². The van der Waals surface area contributed by atoms with E-state index in [1.807, 2.05) is 6.92 Å². The SMILES string of the molecule is CCc1nnc([C@@H]2C[C@H](OC)CN2)o1. The van der Waals surface area contributed by atoms with Crippen molar-refractivity contribution in [1.82, 2.24) is 15.5 Å². The molecule has 0 spiro atoms. The first-order valence-corrected chi connectivity index (χ1v) is 4.92. The zero-order valence-electron chi connectivity index (χ0n) is 8.49. The third-order valence-corrected chi connectivity index (χ3v) is 2.51. The van der Waals surface area contributed by atoms with E-state index in [1.54, 1.807) is 7.11 Å². The van der Waals surface area contributed by atoms with E-state index in [4.69, 9.17) is 9.15 Å². The fraction of sp³-hybridized carbons (Fsp3) is 0.778. The second-order valence-corrected chi connectivity index (χ2v) is 3.44. The highest BCUT2D eigenvalue weighted by Crippen LogP contribution is 2.23. The van der Waals surface area contributed by atoms with Crippen molar-refractivity contribution in [1.29, 1.82) is 0 Å². The first-order chi connectivity index (χ1) is 6.83.